The maximum atomic E-state index is 14.1. The number of aliphatic hydroxyl groups is 1. The summed E-state index contributed by atoms with van der Waals surface area (Å²) in [6.07, 6.45) is 3.22. The van der Waals surface area contributed by atoms with Crippen LogP contribution in [-0.4, -0.2) is 57.4 Å². The molecule has 11 heteroatoms. The standard InChI is InChI=1S/C25H34FN7O2Si/c1-16-20(26)7-6-18-12-19(23(27-8-9-34)32-21(16)18)17(2)31-24-22-25(29-13-28-24)33(14-30-22)15-35-10-11-36(3,4)5/h6-7,12-14,17,34H,8-11,15H2,1-5H3,(H,27,32)(H,28,29,31)/t17-/m0/s1. The van der Waals surface area contributed by atoms with Gasteiger partial charge >= 0.3 is 0 Å². The van der Waals surface area contributed by atoms with E-state index >= 15 is 0 Å². The summed E-state index contributed by atoms with van der Waals surface area (Å²) in [5.41, 5.74) is 3.28. The molecule has 0 aliphatic rings. The van der Waals surface area contributed by atoms with Gasteiger partial charge in [0.05, 0.1) is 24.5 Å². The van der Waals surface area contributed by atoms with Gasteiger partial charge in [0, 0.05) is 37.7 Å². The van der Waals surface area contributed by atoms with E-state index in [9.17, 15) is 9.50 Å². The van der Waals surface area contributed by atoms with Crippen LogP contribution >= 0.6 is 0 Å². The summed E-state index contributed by atoms with van der Waals surface area (Å²) in [6.45, 7) is 12.1. The fourth-order valence-electron chi connectivity index (χ4n) is 3.92. The van der Waals surface area contributed by atoms with Crippen LogP contribution in [0.2, 0.25) is 25.7 Å². The van der Waals surface area contributed by atoms with Gasteiger partial charge < -0.3 is 20.5 Å². The molecule has 4 aromatic rings. The van der Waals surface area contributed by atoms with Gasteiger partial charge in [-0.15, -0.1) is 0 Å². The molecule has 3 aromatic heterocycles. The molecule has 0 unspecified atom stereocenters. The van der Waals surface area contributed by atoms with Gasteiger partial charge in [0.1, 0.15) is 24.7 Å². The molecule has 0 spiro atoms. The van der Waals surface area contributed by atoms with Gasteiger partial charge in [-0.3, -0.25) is 4.57 Å². The number of nitrogens with one attached hydrogen (secondary N) is 2. The van der Waals surface area contributed by atoms with Gasteiger partial charge in [-0.25, -0.2) is 24.3 Å². The highest BCUT2D eigenvalue weighted by Crippen LogP contribution is 2.31. The number of pyridine rings is 1. The lowest BCUT2D eigenvalue weighted by Crippen LogP contribution is -2.22. The molecule has 1 aromatic carbocycles. The molecule has 0 aliphatic heterocycles. The van der Waals surface area contributed by atoms with Crippen LogP contribution in [0.4, 0.5) is 16.0 Å². The smallest absolute Gasteiger partial charge is 0.167 e. The Morgan fingerprint density at radius 2 is 1.94 bits per heavy atom. The minimum absolute atomic E-state index is 0.0485. The number of rotatable bonds is 11. The number of aromatic nitrogens is 5. The maximum absolute atomic E-state index is 14.1. The lowest BCUT2D eigenvalue weighted by atomic mass is 10.0. The molecule has 0 saturated carbocycles. The number of hydrogen-bond acceptors (Lipinski definition) is 8. The van der Waals surface area contributed by atoms with Crippen LogP contribution in [0.15, 0.2) is 30.9 Å². The second-order valence-corrected chi connectivity index (χ2v) is 15.8. The summed E-state index contributed by atoms with van der Waals surface area (Å²) in [5.74, 6) is 0.874. The molecule has 1 atom stereocenters. The number of halogens is 1. The second-order valence-electron chi connectivity index (χ2n) is 10.1. The molecule has 3 heterocycles. The Kier molecular flexibility index (Phi) is 7.81. The van der Waals surface area contributed by atoms with Crippen molar-refractivity contribution in [1.82, 2.24) is 24.5 Å². The van der Waals surface area contributed by atoms with Gasteiger partial charge in [0.2, 0.25) is 0 Å². The molecular weight excluding hydrogens is 477 g/mol. The van der Waals surface area contributed by atoms with E-state index in [0.717, 1.165) is 17.0 Å². The second kappa shape index (κ2) is 10.9. The Balaban J connectivity index is 1.59. The number of aliphatic hydroxyl groups excluding tert-OH is 1. The Hall–Kier alpha value is -3.15. The SMILES string of the molecule is Cc1c(F)ccc2cc([C@H](C)Nc3ncnc4c3ncn4COCC[Si](C)(C)C)c(NCCO)nc12. The van der Waals surface area contributed by atoms with E-state index in [1.807, 2.05) is 17.6 Å². The molecule has 0 radical (unpaired) electrons. The van der Waals surface area contributed by atoms with Crippen molar-refractivity contribution >= 4 is 41.8 Å². The van der Waals surface area contributed by atoms with Crippen molar-refractivity contribution in [1.29, 1.82) is 0 Å². The average Bonchev–Trinajstić information content (AvgIpc) is 3.26. The normalized spacial score (nSPS) is 12.9. The third-order valence-electron chi connectivity index (χ3n) is 6.06. The van der Waals surface area contributed by atoms with Crippen LogP contribution in [0.1, 0.15) is 24.1 Å². The van der Waals surface area contributed by atoms with Crippen LogP contribution in [0, 0.1) is 12.7 Å². The van der Waals surface area contributed by atoms with Gasteiger partial charge in [-0.2, -0.15) is 0 Å². The predicted octanol–water partition coefficient (Wildman–Crippen LogP) is 4.71. The Bertz CT molecular complexity index is 1360. The molecule has 3 N–H and O–H groups in total. The summed E-state index contributed by atoms with van der Waals surface area (Å²) >= 11 is 0. The lowest BCUT2D eigenvalue weighted by molar-refractivity contribution is 0.0895. The highest BCUT2D eigenvalue weighted by Gasteiger charge is 2.19. The first-order chi connectivity index (χ1) is 17.2. The van der Waals surface area contributed by atoms with Gasteiger partial charge in [0.25, 0.3) is 0 Å². The van der Waals surface area contributed by atoms with Crippen LogP contribution in [-0.2, 0) is 11.5 Å². The zero-order chi connectivity index (χ0) is 25.9. The summed E-state index contributed by atoms with van der Waals surface area (Å²) in [6, 6.07) is 6.04. The van der Waals surface area contributed by atoms with Gasteiger partial charge in [-0.1, -0.05) is 19.6 Å². The monoisotopic (exact) mass is 511 g/mol. The minimum Gasteiger partial charge on any atom is -0.395 e. The third-order valence-corrected chi connectivity index (χ3v) is 7.76. The van der Waals surface area contributed by atoms with E-state index in [-0.39, 0.29) is 18.5 Å². The lowest BCUT2D eigenvalue weighted by Gasteiger charge is -2.20. The fraction of sp³-hybridized carbons (Fsp3) is 0.440. The maximum Gasteiger partial charge on any atom is 0.167 e. The van der Waals surface area contributed by atoms with Gasteiger partial charge in [-0.05, 0) is 38.1 Å². The Morgan fingerprint density at radius 1 is 1.14 bits per heavy atom. The molecule has 36 heavy (non-hydrogen) atoms. The first-order valence-electron chi connectivity index (χ1n) is 12.1. The van der Waals surface area contributed by atoms with E-state index < -0.39 is 8.07 Å². The Labute approximate surface area is 211 Å². The fourth-order valence-corrected chi connectivity index (χ4v) is 4.68. The van der Waals surface area contributed by atoms with E-state index in [1.54, 1.807) is 19.3 Å². The van der Waals surface area contributed by atoms with Crippen molar-refractivity contribution in [2.45, 2.75) is 52.3 Å². The summed E-state index contributed by atoms with van der Waals surface area (Å²) in [4.78, 5) is 18.1. The molecule has 9 nitrogen and oxygen atoms in total. The van der Waals surface area contributed by atoms with Crippen LogP contribution in [0.25, 0.3) is 22.1 Å². The van der Waals surface area contributed by atoms with Crippen molar-refractivity contribution < 1.29 is 14.2 Å². The van der Waals surface area contributed by atoms with Crippen molar-refractivity contribution in [3.05, 3.63) is 47.8 Å². The van der Waals surface area contributed by atoms with Crippen LogP contribution in [0.5, 0.6) is 0 Å². The molecule has 192 valence electrons. The largest absolute Gasteiger partial charge is 0.395 e. The molecule has 4 rings (SSSR count). The van der Waals surface area contributed by atoms with Crippen molar-refractivity contribution in [3.8, 4) is 0 Å². The van der Waals surface area contributed by atoms with E-state index in [2.05, 4.69) is 45.2 Å². The average molecular weight is 512 g/mol. The van der Waals surface area contributed by atoms with Crippen LogP contribution in [0.3, 0.4) is 0 Å². The molecule has 0 aliphatic carbocycles. The van der Waals surface area contributed by atoms with Crippen molar-refractivity contribution in [2.75, 3.05) is 30.4 Å². The molecule has 0 saturated heterocycles. The highest BCUT2D eigenvalue weighted by atomic mass is 28.3. The number of fused-ring (bicyclic) bond motifs is 2. The number of anilines is 2. The molecular formula is C25H34FN7O2Si. The zero-order valence-corrected chi connectivity index (χ0v) is 22.5. The first-order valence-corrected chi connectivity index (χ1v) is 15.8. The molecule has 0 fully saturated rings. The van der Waals surface area contributed by atoms with E-state index in [0.29, 0.717) is 53.8 Å². The predicted molar refractivity (Wildman–Crippen MR) is 143 cm³/mol. The van der Waals surface area contributed by atoms with E-state index in [1.165, 1.54) is 12.4 Å². The number of ether oxygens (including phenoxy) is 1. The summed E-state index contributed by atoms with van der Waals surface area (Å²) in [5, 5.41) is 16.8. The number of nitrogens with zero attached hydrogens (tertiary/aromatic N) is 5. The number of aryl methyl sites for hydroxylation is 1. The number of hydrogen-bond donors (Lipinski definition) is 3. The Morgan fingerprint density at radius 3 is 2.69 bits per heavy atom. The van der Waals surface area contributed by atoms with Crippen molar-refractivity contribution in [2.24, 2.45) is 0 Å². The quantitative estimate of drug-likeness (QED) is 0.196. The molecule has 0 bridgehead atoms. The van der Waals surface area contributed by atoms with Crippen LogP contribution < -0.4 is 10.6 Å². The zero-order valence-electron chi connectivity index (χ0n) is 21.5. The first kappa shape index (κ1) is 25.9. The summed E-state index contributed by atoms with van der Waals surface area (Å²) < 4.78 is 21.9. The third kappa shape index (κ3) is 5.80. The number of imidazole rings is 1. The minimum atomic E-state index is -1.16. The summed E-state index contributed by atoms with van der Waals surface area (Å²) in [7, 11) is -1.16. The highest BCUT2D eigenvalue weighted by molar-refractivity contribution is 6.76. The van der Waals surface area contributed by atoms with Crippen molar-refractivity contribution in [3.63, 3.8) is 0 Å². The van der Waals surface area contributed by atoms with E-state index in [4.69, 9.17) is 9.72 Å². The number of benzene rings is 1. The topological polar surface area (TPSA) is 110 Å². The van der Waals surface area contributed by atoms with Gasteiger partial charge in [0.15, 0.2) is 17.0 Å². The molecule has 0 amide bonds.